The van der Waals surface area contributed by atoms with E-state index >= 15 is 0 Å². The van der Waals surface area contributed by atoms with Gasteiger partial charge < -0.3 is 5.32 Å². The molecule has 136 valence electrons. The molecule has 2 aromatic carbocycles. The van der Waals surface area contributed by atoms with Crippen molar-refractivity contribution in [3.8, 4) is 0 Å². The quantitative estimate of drug-likeness (QED) is 0.646. The molecule has 0 spiro atoms. The molecular weight excluding hydrogens is 340 g/mol. The number of nitrogens with zero attached hydrogens (tertiary/aromatic N) is 1. The van der Waals surface area contributed by atoms with Crippen molar-refractivity contribution in [2.75, 3.05) is 6.54 Å². The zero-order valence-corrected chi connectivity index (χ0v) is 16.6. The van der Waals surface area contributed by atoms with Crippen molar-refractivity contribution in [2.24, 2.45) is 0 Å². The summed E-state index contributed by atoms with van der Waals surface area (Å²) in [6.07, 6.45) is 3.15. The van der Waals surface area contributed by atoms with Crippen molar-refractivity contribution >= 4 is 27.5 Å². The van der Waals surface area contributed by atoms with E-state index in [9.17, 15) is 4.79 Å². The number of nitrogens with one attached hydrogen (secondary N) is 1. The molecule has 0 bridgehead atoms. The molecule has 0 fully saturated rings. The molecule has 0 saturated heterocycles. The molecule has 3 aromatic rings. The summed E-state index contributed by atoms with van der Waals surface area (Å²) >= 11 is 1.73. The Labute approximate surface area is 159 Å². The topological polar surface area (TPSA) is 42.0 Å². The molecule has 0 unspecified atom stereocenters. The number of para-hydroxylation sites is 1. The Bertz CT molecular complexity index is 857. The number of rotatable bonds is 7. The molecular formula is C22H26N2OS. The first-order valence-electron chi connectivity index (χ1n) is 9.21. The molecule has 0 saturated carbocycles. The fourth-order valence-electron chi connectivity index (χ4n) is 3.45. The van der Waals surface area contributed by atoms with E-state index in [4.69, 9.17) is 0 Å². The maximum atomic E-state index is 12.1. The summed E-state index contributed by atoms with van der Waals surface area (Å²) in [6, 6.07) is 12.6. The van der Waals surface area contributed by atoms with Crippen molar-refractivity contribution in [2.45, 2.75) is 46.5 Å². The van der Waals surface area contributed by atoms with Crippen LogP contribution in [0.3, 0.4) is 0 Å². The summed E-state index contributed by atoms with van der Waals surface area (Å²) in [5.74, 6) is 0.133. The van der Waals surface area contributed by atoms with Gasteiger partial charge in [-0.3, -0.25) is 4.79 Å². The molecule has 0 aliphatic carbocycles. The maximum Gasteiger partial charge on any atom is 0.220 e. The van der Waals surface area contributed by atoms with Crippen LogP contribution in [0.4, 0.5) is 0 Å². The summed E-state index contributed by atoms with van der Waals surface area (Å²) in [5, 5.41) is 4.17. The number of amides is 1. The average molecular weight is 367 g/mol. The Balaban J connectivity index is 1.42. The molecule has 1 amide bonds. The molecule has 4 heteroatoms. The minimum Gasteiger partial charge on any atom is -0.356 e. The number of aromatic nitrogens is 1. The van der Waals surface area contributed by atoms with Crippen molar-refractivity contribution in [1.82, 2.24) is 10.3 Å². The second-order valence-corrected chi connectivity index (χ2v) is 8.02. The van der Waals surface area contributed by atoms with E-state index in [1.54, 1.807) is 11.3 Å². The van der Waals surface area contributed by atoms with Crippen LogP contribution >= 0.6 is 11.3 Å². The van der Waals surface area contributed by atoms with Crippen LogP contribution in [0.5, 0.6) is 0 Å². The third kappa shape index (κ3) is 4.70. The van der Waals surface area contributed by atoms with Gasteiger partial charge in [-0.15, -0.1) is 11.3 Å². The second kappa shape index (κ2) is 8.45. The van der Waals surface area contributed by atoms with Gasteiger partial charge in [0, 0.05) is 13.0 Å². The van der Waals surface area contributed by atoms with Gasteiger partial charge in [-0.05, 0) is 68.9 Å². The van der Waals surface area contributed by atoms with Gasteiger partial charge in [0.05, 0.1) is 15.2 Å². The van der Waals surface area contributed by atoms with Crippen molar-refractivity contribution in [1.29, 1.82) is 0 Å². The average Bonchev–Trinajstić information content (AvgIpc) is 3.00. The van der Waals surface area contributed by atoms with Crippen LogP contribution in [-0.2, 0) is 17.6 Å². The number of benzene rings is 2. The van der Waals surface area contributed by atoms with Crippen LogP contribution in [0.25, 0.3) is 10.2 Å². The number of carbonyl (C=O) groups is 1. The summed E-state index contributed by atoms with van der Waals surface area (Å²) in [4.78, 5) is 16.7. The molecule has 0 aliphatic rings. The largest absolute Gasteiger partial charge is 0.356 e. The first-order chi connectivity index (χ1) is 12.5. The summed E-state index contributed by atoms with van der Waals surface area (Å²) in [7, 11) is 0. The molecule has 0 radical (unpaired) electrons. The zero-order chi connectivity index (χ0) is 18.5. The summed E-state index contributed by atoms with van der Waals surface area (Å²) < 4.78 is 1.22. The molecule has 3 rings (SSSR count). The van der Waals surface area contributed by atoms with Gasteiger partial charge in [0.15, 0.2) is 0 Å². The number of carbonyl (C=O) groups excluding carboxylic acids is 1. The van der Waals surface area contributed by atoms with Gasteiger partial charge >= 0.3 is 0 Å². The lowest BCUT2D eigenvalue weighted by Gasteiger charge is -2.12. The van der Waals surface area contributed by atoms with Crippen LogP contribution in [0, 0.1) is 20.8 Å². The normalized spacial score (nSPS) is 11.0. The highest BCUT2D eigenvalue weighted by Gasteiger charge is 2.07. The van der Waals surface area contributed by atoms with E-state index in [1.165, 1.54) is 27.0 Å². The molecule has 0 atom stereocenters. The Morgan fingerprint density at radius 2 is 1.81 bits per heavy atom. The first-order valence-corrected chi connectivity index (χ1v) is 10.0. The number of fused-ring (bicyclic) bond motifs is 1. The minimum absolute atomic E-state index is 0.133. The number of aryl methyl sites for hydroxylation is 4. The van der Waals surface area contributed by atoms with Crippen LogP contribution in [-0.4, -0.2) is 17.4 Å². The van der Waals surface area contributed by atoms with Gasteiger partial charge in [-0.2, -0.15) is 0 Å². The number of hydrogen-bond acceptors (Lipinski definition) is 3. The SMILES string of the molecule is Cc1cc(C)c(CCNC(=O)CCCc2nc3ccccc3s2)c(C)c1. The summed E-state index contributed by atoms with van der Waals surface area (Å²) in [5.41, 5.74) is 6.33. The fraction of sp³-hybridized carbons (Fsp3) is 0.364. The van der Waals surface area contributed by atoms with E-state index < -0.39 is 0 Å². The van der Waals surface area contributed by atoms with Crippen LogP contribution < -0.4 is 5.32 Å². The molecule has 0 aliphatic heterocycles. The molecule has 1 N–H and O–H groups in total. The standard InChI is InChI=1S/C22H26N2OS/c1-15-13-16(2)18(17(3)14-15)11-12-23-21(25)9-6-10-22-24-19-7-4-5-8-20(19)26-22/h4-5,7-8,13-14H,6,9-12H2,1-3H3,(H,23,25). The molecule has 26 heavy (non-hydrogen) atoms. The monoisotopic (exact) mass is 366 g/mol. The van der Waals surface area contributed by atoms with E-state index in [0.717, 1.165) is 29.8 Å². The van der Waals surface area contributed by atoms with Crippen molar-refractivity contribution in [3.63, 3.8) is 0 Å². The lowest BCUT2D eigenvalue weighted by Crippen LogP contribution is -2.25. The molecule has 3 nitrogen and oxygen atoms in total. The first kappa shape index (κ1) is 18.6. The number of hydrogen-bond donors (Lipinski definition) is 1. The zero-order valence-electron chi connectivity index (χ0n) is 15.8. The molecule has 1 heterocycles. The second-order valence-electron chi connectivity index (χ2n) is 6.91. The highest BCUT2D eigenvalue weighted by atomic mass is 32.1. The summed E-state index contributed by atoms with van der Waals surface area (Å²) in [6.45, 7) is 7.12. The van der Waals surface area contributed by atoms with Gasteiger partial charge in [-0.1, -0.05) is 29.8 Å². The Morgan fingerprint density at radius 1 is 1.08 bits per heavy atom. The van der Waals surface area contributed by atoms with Crippen molar-refractivity contribution < 1.29 is 4.79 Å². The van der Waals surface area contributed by atoms with E-state index in [2.05, 4.69) is 49.3 Å². The third-order valence-corrected chi connectivity index (χ3v) is 5.77. The maximum absolute atomic E-state index is 12.1. The highest BCUT2D eigenvalue weighted by molar-refractivity contribution is 7.18. The van der Waals surface area contributed by atoms with Gasteiger partial charge in [0.1, 0.15) is 0 Å². The van der Waals surface area contributed by atoms with Gasteiger partial charge in [-0.25, -0.2) is 4.98 Å². The predicted molar refractivity (Wildman–Crippen MR) is 110 cm³/mol. The third-order valence-electron chi connectivity index (χ3n) is 4.67. The minimum atomic E-state index is 0.133. The van der Waals surface area contributed by atoms with E-state index in [-0.39, 0.29) is 5.91 Å². The molecule has 1 aromatic heterocycles. The fourth-order valence-corrected chi connectivity index (χ4v) is 4.46. The van der Waals surface area contributed by atoms with Crippen LogP contribution in [0.2, 0.25) is 0 Å². The Kier molecular flexibility index (Phi) is 6.04. The lowest BCUT2D eigenvalue weighted by molar-refractivity contribution is -0.121. The predicted octanol–water partition coefficient (Wildman–Crippen LogP) is 4.90. The number of thiazole rings is 1. The van der Waals surface area contributed by atoms with E-state index in [1.807, 2.05) is 18.2 Å². The van der Waals surface area contributed by atoms with Crippen molar-refractivity contribution in [3.05, 3.63) is 63.7 Å². The highest BCUT2D eigenvalue weighted by Crippen LogP contribution is 2.22. The van der Waals surface area contributed by atoms with Gasteiger partial charge in [0.25, 0.3) is 0 Å². The Hall–Kier alpha value is -2.20. The van der Waals surface area contributed by atoms with Gasteiger partial charge in [0.2, 0.25) is 5.91 Å². The lowest BCUT2D eigenvalue weighted by atomic mass is 9.97. The van der Waals surface area contributed by atoms with E-state index in [0.29, 0.717) is 13.0 Å². The smallest absolute Gasteiger partial charge is 0.220 e. The van der Waals surface area contributed by atoms with Crippen LogP contribution in [0.1, 0.15) is 40.1 Å². The Morgan fingerprint density at radius 3 is 2.54 bits per heavy atom. The van der Waals surface area contributed by atoms with Crippen LogP contribution in [0.15, 0.2) is 36.4 Å².